The van der Waals surface area contributed by atoms with Gasteiger partial charge in [-0.05, 0) is 24.3 Å². The van der Waals surface area contributed by atoms with Crippen molar-refractivity contribution in [3.8, 4) is 10.6 Å². The number of ether oxygens (including phenoxy) is 1. The normalized spacial score (nSPS) is 10.6. The van der Waals surface area contributed by atoms with E-state index in [0.717, 1.165) is 16.3 Å². The van der Waals surface area contributed by atoms with Crippen LogP contribution in [0.15, 0.2) is 48.0 Å². The second-order valence-corrected chi connectivity index (χ2v) is 6.03. The van der Waals surface area contributed by atoms with E-state index >= 15 is 0 Å². The lowest BCUT2D eigenvalue weighted by atomic mass is 10.2. The van der Waals surface area contributed by atoms with Crippen LogP contribution in [0.5, 0.6) is 0 Å². The molecule has 0 saturated carbocycles. The summed E-state index contributed by atoms with van der Waals surface area (Å²) in [6.07, 6.45) is 1.80. The summed E-state index contributed by atoms with van der Waals surface area (Å²) < 4.78 is 7.01. The van der Waals surface area contributed by atoms with E-state index in [9.17, 15) is 4.79 Å². The molecular formula is C16H13ClN2O2S. The number of rotatable bonds is 4. The van der Waals surface area contributed by atoms with Gasteiger partial charge in [0.15, 0.2) is 0 Å². The monoisotopic (exact) mass is 332 g/mol. The molecule has 0 radical (unpaired) electrons. The van der Waals surface area contributed by atoms with Crippen molar-refractivity contribution in [2.24, 2.45) is 7.05 Å². The Labute approximate surface area is 136 Å². The summed E-state index contributed by atoms with van der Waals surface area (Å²) in [6.45, 7) is 0.161. The third-order valence-electron chi connectivity index (χ3n) is 3.15. The van der Waals surface area contributed by atoms with E-state index in [4.69, 9.17) is 16.3 Å². The molecule has 4 nitrogen and oxygen atoms in total. The average molecular weight is 333 g/mol. The number of halogens is 1. The van der Waals surface area contributed by atoms with E-state index < -0.39 is 0 Å². The molecule has 3 rings (SSSR count). The highest BCUT2D eigenvalue weighted by molar-refractivity contribution is 7.13. The molecule has 0 atom stereocenters. The van der Waals surface area contributed by atoms with E-state index in [0.29, 0.717) is 10.7 Å². The molecule has 1 aromatic carbocycles. The summed E-state index contributed by atoms with van der Waals surface area (Å²) in [6, 6.07) is 11.0. The maximum atomic E-state index is 11.9. The standard InChI is InChI=1S/C16H13ClN2O2S/c1-19-8-2-3-14(19)16(20)21-9-13-10-22-15(18-13)11-4-6-12(17)7-5-11/h2-8,10H,9H2,1H3. The maximum absolute atomic E-state index is 11.9. The molecule has 0 spiro atoms. The van der Waals surface area contributed by atoms with Crippen molar-refractivity contribution in [2.45, 2.75) is 6.61 Å². The van der Waals surface area contributed by atoms with Crippen LogP contribution in [-0.2, 0) is 18.4 Å². The van der Waals surface area contributed by atoms with E-state index in [1.165, 1.54) is 11.3 Å². The first kappa shape index (κ1) is 14.8. The van der Waals surface area contributed by atoms with Crippen molar-refractivity contribution in [3.05, 3.63) is 64.4 Å². The lowest BCUT2D eigenvalue weighted by Gasteiger charge is -2.03. The first-order valence-electron chi connectivity index (χ1n) is 6.62. The third kappa shape index (κ3) is 3.21. The van der Waals surface area contributed by atoms with Crippen LogP contribution >= 0.6 is 22.9 Å². The summed E-state index contributed by atoms with van der Waals surface area (Å²) in [5.74, 6) is -0.353. The Hall–Kier alpha value is -2.11. The van der Waals surface area contributed by atoms with E-state index in [-0.39, 0.29) is 12.6 Å². The third-order valence-corrected chi connectivity index (χ3v) is 4.34. The fourth-order valence-electron chi connectivity index (χ4n) is 1.98. The number of hydrogen-bond acceptors (Lipinski definition) is 4. The van der Waals surface area contributed by atoms with E-state index in [1.54, 1.807) is 29.9 Å². The topological polar surface area (TPSA) is 44.1 Å². The molecule has 0 amide bonds. The molecule has 0 aliphatic carbocycles. The van der Waals surface area contributed by atoms with Gasteiger partial charge in [0, 0.05) is 29.2 Å². The van der Waals surface area contributed by atoms with Crippen LogP contribution < -0.4 is 0 Å². The van der Waals surface area contributed by atoms with Gasteiger partial charge in [0.05, 0.1) is 5.69 Å². The largest absolute Gasteiger partial charge is 0.454 e. The molecule has 0 fully saturated rings. The zero-order valence-electron chi connectivity index (χ0n) is 11.8. The van der Waals surface area contributed by atoms with Crippen molar-refractivity contribution in [1.82, 2.24) is 9.55 Å². The van der Waals surface area contributed by atoms with Crippen LogP contribution in [0.1, 0.15) is 16.2 Å². The highest BCUT2D eigenvalue weighted by atomic mass is 35.5. The van der Waals surface area contributed by atoms with Crippen LogP contribution in [0, 0.1) is 0 Å². The summed E-state index contributed by atoms with van der Waals surface area (Å²) in [4.78, 5) is 16.4. The minimum Gasteiger partial charge on any atom is -0.454 e. The molecule has 2 heterocycles. The number of hydrogen-bond donors (Lipinski definition) is 0. The fraction of sp³-hybridized carbons (Fsp3) is 0.125. The Morgan fingerprint density at radius 2 is 2.09 bits per heavy atom. The molecule has 3 aromatic rings. The van der Waals surface area contributed by atoms with Gasteiger partial charge >= 0.3 is 5.97 Å². The van der Waals surface area contributed by atoms with Gasteiger partial charge in [-0.25, -0.2) is 9.78 Å². The minimum absolute atomic E-state index is 0.161. The number of thiazole rings is 1. The van der Waals surface area contributed by atoms with Crippen LogP contribution in [-0.4, -0.2) is 15.5 Å². The quantitative estimate of drug-likeness (QED) is 0.674. The summed E-state index contributed by atoms with van der Waals surface area (Å²) in [5.41, 5.74) is 2.25. The molecular weight excluding hydrogens is 320 g/mol. The fourth-order valence-corrected chi connectivity index (χ4v) is 2.92. The van der Waals surface area contributed by atoms with Gasteiger partial charge in [-0.2, -0.15) is 0 Å². The van der Waals surface area contributed by atoms with Crippen molar-refractivity contribution in [3.63, 3.8) is 0 Å². The molecule has 0 aliphatic heterocycles. The minimum atomic E-state index is -0.353. The number of esters is 1. The van der Waals surface area contributed by atoms with Gasteiger partial charge < -0.3 is 9.30 Å². The summed E-state index contributed by atoms with van der Waals surface area (Å²) in [5, 5.41) is 3.46. The van der Waals surface area contributed by atoms with E-state index in [1.807, 2.05) is 29.6 Å². The number of nitrogens with zero attached hydrogens (tertiary/aromatic N) is 2. The number of benzene rings is 1. The highest BCUT2D eigenvalue weighted by Crippen LogP contribution is 2.25. The van der Waals surface area contributed by atoms with E-state index in [2.05, 4.69) is 4.98 Å². The van der Waals surface area contributed by atoms with Gasteiger partial charge in [0.25, 0.3) is 0 Å². The van der Waals surface area contributed by atoms with Gasteiger partial charge in [0.2, 0.25) is 0 Å². The predicted octanol–water partition coefficient (Wildman–Crippen LogP) is 4.16. The lowest BCUT2D eigenvalue weighted by molar-refractivity contribution is 0.0457. The summed E-state index contributed by atoms with van der Waals surface area (Å²) >= 11 is 7.38. The molecule has 6 heteroatoms. The van der Waals surface area contributed by atoms with Crippen molar-refractivity contribution < 1.29 is 9.53 Å². The van der Waals surface area contributed by atoms with Gasteiger partial charge in [-0.1, -0.05) is 23.7 Å². The molecule has 0 bridgehead atoms. The number of carbonyl (C=O) groups excluding carboxylic acids is 1. The van der Waals surface area contributed by atoms with Crippen LogP contribution in [0.2, 0.25) is 5.02 Å². The second kappa shape index (κ2) is 6.34. The molecule has 22 heavy (non-hydrogen) atoms. The summed E-state index contributed by atoms with van der Waals surface area (Å²) in [7, 11) is 1.80. The van der Waals surface area contributed by atoms with Crippen LogP contribution in [0.3, 0.4) is 0 Å². The Bertz CT molecular complexity index is 793. The first-order chi connectivity index (χ1) is 10.6. The smallest absolute Gasteiger partial charge is 0.355 e. The predicted molar refractivity (Wildman–Crippen MR) is 87.1 cm³/mol. The molecule has 0 aliphatic rings. The second-order valence-electron chi connectivity index (χ2n) is 4.73. The lowest BCUT2D eigenvalue weighted by Crippen LogP contribution is -2.09. The maximum Gasteiger partial charge on any atom is 0.355 e. The number of carbonyl (C=O) groups is 1. The van der Waals surface area contributed by atoms with Gasteiger partial charge in [0.1, 0.15) is 17.3 Å². The Kier molecular flexibility index (Phi) is 4.27. The van der Waals surface area contributed by atoms with Crippen molar-refractivity contribution in [1.29, 1.82) is 0 Å². The molecule has 0 N–H and O–H groups in total. The number of aromatic nitrogens is 2. The van der Waals surface area contributed by atoms with Gasteiger partial charge in [-0.3, -0.25) is 0 Å². The van der Waals surface area contributed by atoms with Gasteiger partial charge in [-0.15, -0.1) is 11.3 Å². The van der Waals surface area contributed by atoms with Crippen LogP contribution in [0.25, 0.3) is 10.6 Å². The SMILES string of the molecule is Cn1cccc1C(=O)OCc1csc(-c2ccc(Cl)cc2)n1. The van der Waals surface area contributed by atoms with Crippen molar-refractivity contribution in [2.75, 3.05) is 0 Å². The zero-order chi connectivity index (χ0) is 15.5. The molecule has 112 valence electrons. The first-order valence-corrected chi connectivity index (χ1v) is 7.88. The van der Waals surface area contributed by atoms with Crippen molar-refractivity contribution >= 4 is 28.9 Å². The highest BCUT2D eigenvalue weighted by Gasteiger charge is 2.12. The number of aryl methyl sites for hydroxylation is 1. The Morgan fingerprint density at radius 1 is 1.32 bits per heavy atom. The molecule has 2 aromatic heterocycles. The average Bonchev–Trinajstić information content (AvgIpc) is 3.14. The zero-order valence-corrected chi connectivity index (χ0v) is 13.4. The molecule has 0 saturated heterocycles. The Morgan fingerprint density at radius 3 is 2.77 bits per heavy atom. The molecule has 0 unspecified atom stereocenters. The van der Waals surface area contributed by atoms with Crippen LogP contribution in [0.4, 0.5) is 0 Å². The Balaban J connectivity index is 1.66.